The van der Waals surface area contributed by atoms with Crippen LogP contribution in [0.3, 0.4) is 0 Å². The zero-order valence-electron chi connectivity index (χ0n) is 11.4. The Morgan fingerprint density at radius 3 is 2.21 bits per heavy atom. The minimum atomic E-state index is -0.0499. The number of aryl methyl sites for hydroxylation is 3. The highest BCUT2D eigenvalue weighted by Crippen LogP contribution is 2.16. The van der Waals surface area contributed by atoms with Crippen LogP contribution in [0.4, 0.5) is 0 Å². The molecule has 0 aliphatic heterocycles. The molecule has 3 nitrogen and oxygen atoms in total. The highest BCUT2D eigenvalue weighted by atomic mass is 16.1. The second kappa shape index (κ2) is 5.22. The third-order valence-electron chi connectivity index (χ3n) is 3.33. The van der Waals surface area contributed by atoms with Crippen LogP contribution in [0.25, 0.3) is 0 Å². The molecule has 1 aromatic heterocycles. The fourth-order valence-electron chi connectivity index (χ4n) is 2.06. The summed E-state index contributed by atoms with van der Waals surface area (Å²) in [6, 6.07) is 6.89. The highest BCUT2D eigenvalue weighted by Gasteiger charge is 2.10. The van der Waals surface area contributed by atoms with Crippen LogP contribution in [0.1, 0.15) is 27.0 Å². The summed E-state index contributed by atoms with van der Waals surface area (Å²) in [6.45, 7) is 6.25. The SMILES string of the molecule is Cc1cc(C)c(C(=O)Cn2ccc(=O)cc2)cc1C. The first-order chi connectivity index (χ1) is 8.97. The van der Waals surface area contributed by atoms with Crippen LogP contribution in [0.2, 0.25) is 0 Å². The number of hydrogen-bond acceptors (Lipinski definition) is 2. The molecule has 1 heterocycles. The van der Waals surface area contributed by atoms with Gasteiger partial charge in [-0.3, -0.25) is 9.59 Å². The number of carbonyl (C=O) groups excluding carboxylic acids is 1. The summed E-state index contributed by atoms with van der Waals surface area (Å²) in [7, 11) is 0. The summed E-state index contributed by atoms with van der Waals surface area (Å²) in [4.78, 5) is 23.3. The topological polar surface area (TPSA) is 39.1 Å². The third kappa shape index (κ3) is 2.99. The van der Waals surface area contributed by atoms with Gasteiger partial charge in [-0.05, 0) is 43.5 Å². The van der Waals surface area contributed by atoms with Crippen LogP contribution in [-0.4, -0.2) is 10.4 Å². The molecule has 2 aromatic rings. The van der Waals surface area contributed by atoms with Gasteiger partial charge in [-0.2, -0.15) is 0 Å². The predicted octanol–water partition coefficient (Wildman–Crippen LogP) is 2.66. The van der Waals surface area contributed by atoms with Crippen molar-refractivity contribution in [3.8, 4) is 0 Å². The van der Waals surface area contributed by atoms with Gasteiger partial charge in [0, 0.05) is 30.1 Å². The van der Waals surface area contributed by atoms with Gasteiger partial charge in [-0.1, -0.05) is 6.07 Å². The van der Waals surface area contributed by atoms with Gasteiger partial charge in [-0.25, -0.2) is 0 Å². The lowest BCUT2D eigenvalue weighted by Crippen LogP contribution is -2.13. The maximum absolute atomic E-state index is 12.3. The van der Waals surface area contributed by atoms with Crippen LogP contribution < -0.4 is 5.43 Å². The van der Waals surface area contributed by atoms with Crippen LogP contribution in [-0.2, 0) is 6.54 Å². The number of rotatable bonds is 3. The van der Waals surface area contributed by atoms with Gasteiger partial charge in [0.05, 0.1) is 6.54 Å². The van der Waals surface area contributed by atoms with Crippen molar-refractivity contribution < 1.29 is 4.79 Å². The zero-order valence-corrected chi connectivity index (χ0v) is 11.4. The van der Waals surface area contributed by atoms with E-state index in [4.69, 9.17) is 0 Å². The lowest BCUT2D eigenvalue weighted by molar-refractivity contribution is 0.0971. The molecule has 3 heteroatoms. The standard InChI is InChI=1S/C16H17NO2/c1-11-8-13(3)15(9-12(11)2)16(19)10-17-6-4-14(18)5-7-17/h4-9H,10H2,1-3H3. The molecular formula is C16H17NO2. The molecule has 0 spiro atoms. The zero-order chi connectivity index (χ0) is 14.0. The fraction of sp³-hybridized carbons (Fsp3) is 0.250. The van der Waals surface area contributed by atoms with Gasteiger partial charge in [0.25, 0.3) is 0 Å². The van der Waals surface area contributed by atoms with Crippen LogP contribution >= 0.6 is 0 Å². The van der Waals surface area contributed by atoms with Crippen molar-refractivity contribution in [3.05, 3.63) is 69.1 Å². The Bertz CT molecular complexity index is 663. The van der Waals surface area contributed by atoms with Crippen molar-refractivity contribution in [2.75, 3.05) is 0 Å². The Labute approximate surface area is 112 Å². The molecule has 1 aromatic carbocycles. The lowest BCUT2D eigenvalue weighted by Gasteiger charge is -2.10. The van der Waals surface area contributed by atoms with Crippen LogP contribution in [0.15, 0.2) is 41.5 Å². The van der Waals surface area contributed by atoms with Crippen molar-refractivity contribution in [3.63, 3.8) is 0 Å². The number of Topliss-reactive ketones (excluding diaryl/α,β-unsaturated/α-hetero) is 1. The Morgan fingerprint density at radius 1 is 1.00 bits per heavy atom. The molecule has 0 radical (unpaired) electrons. The summed E-state index contributed by atoms with van der Waals surface area (Å²) in [5.41, 5.74) is 4.01. The molecule has 0 aliphatic rings. The number of hydrogen-bond donors (Lipinski definition) is 0. The summed E-state index contributed by atoms with van der Waals surface area (Å²) in [5.74, 6) is 0.0595. The summed E-state index contributed by atoms with van der Waals surface area (Å²) >= 11 is 0. The Morgan fingerprint density at radius 2 is 1.58 bits per heavy atom. The van der Waals surface area contributed by atoms with E-state index in [1.54, 1.807) is 17.0 Å². The van der Waals surface area contributed by atoms with E-state index in [0.29, 0.717) is 0 Å². The summed E-state index contributed by atoms with van der Waals surface area (Å²) < 4.78 is 1.72. The van der Waals surface area contributed by atoms with Gasteiger partial charge in [0.2, 0.25) is 0 Å². The van der Waals surface area contributed by atoms with E-state index < -0.39 is 0 Å². The van der Waals surface area contributed by atoms with Crippen LogP contribution in [0.5, 0.6) is 0 Å². The Hall–Kier alpha value is -2.16. The van der Waals surface area contributed by atoms with E-state index in [1.807, 2.05) is 32.9 Å². The van der Waals surface area contributed by atoms with E-state index in [9.17, 15) is 9.59 Å². The lowest BCUT2D eigenvalue weighted by atomic mass is 9.98. The first-order valence-corrected chi connectivity index (χ1v) is 6.24. The second-order valence-electron chi connectivity index (χ2n) is 4.88. The molecule has 0 atom stereocenters. The van der Waals surface area contributed by atoms with Crippen molar-refractivity contribution in [2.24, 2.45) is 0 Å². The van der Waals surface area contributed by atoms with E-state index >= 15 is 0 Å². The monoisotopic (exact) mass is 255 g/mol. The normalized spacial score (nSPS) is 10.5. The van der Waals surface area contributed by atoms with Gasteiger partial charge >= 0.3 is 0 Å². The Kier molecular flexibility index (Phi) is 3.65. The molecule has 98 valence electrons. The average molecular weight is 255 g/mol. The highest BCUT2D eigenvalue weighted by molar-refractivity contribution is 5.97. The van der Waals surface area contributed by atoms with E-state index in [1.165, 1.54) is 17.7 Å². The van der Waals surface area contributed by atoms with Crippen molar-refractivity contribution in [2.45, 2.75) is 27.3 Å². The summed E-state index contributed by atoms with van der Waals surface area (Å²) in [6.07, 6.45) is 3.27. The molecular weight excluding hydrogens is 238 g/mol. The predicted molar refractivity (Wildman–Crippen MR) is 75.7 cm³/mol. The van der Waals surface area contributed by atoms with E-state index in [0.717, 1.165) is 16.7 Å². The minimum Gasteiger partial charge on any atom is -0.346 e. The number of nitrogens with zero attached hydrogens (tertiary/aromatic N) is 1. The molecule has 0 saturated carbocycles. The quantitative estimate of drug-likeness (QED) is 0.791. The smallest absolute Gasteiger partial charge is 0.182 e. The van der Waals surface area contributed by atoms with Gasteiger partial charge < -0.3 is 4.57 Å². The number of carbonyl (C=O) groups is 1. The Balaban J connectivity index is 2.27. The number of ketones is 1. The van der Waals surface area contributed by atoms with Gasteiger partial charge in [0.1, 0.15) is 0 Å². The third-order valence-corrected chi connectivity index (χ3v) is 3.33. The first-order valence-electron chi connectivity index (χ1n) is 6.24. The van der Waals surface area contributed by atoms with Crippen LogP contribution in [0, 0.1) is 20.8 Å². The maximum atomic E-state index is 12.3. The molecule has 0 amide bonds. The van der Waals surface area contributed by atoms with Crippen molar-refractivity contribution >= 4 is 5.78 Å². The molecule has 0 aliphatic carbocycles. The molecule has 19 heavy (non-hydrogen) atoms. The molecule has 2 rings (SSSR count). The molecule has 0 fully saturated rings. The van der Waals surface area contributed by atoms with E-state index in [2.05, 4.69) is 0 Å². The minimum absolute atomic E-state index is 0.0499. The second-order valence-corrected chi connectivity index (χ2v) is 4.88. The molecule has 0 N–H and O–H groups in total. The largest absolute Gasteiger partial charge is 0.346 e. The number of aromatic nitrogens is 1. The molecule has 0 saturated heterocycles. The van der Waals surface area contributed by atoms with Crippen molar-refractivity contribution in [1.29, 1.82) is 0 Å². The molecule has 0 unspecified atom stereocenters. The fourth-order valence-corrected chi connectivity index (χ4v) is 2.06. The number of benzene rings is 1. The van der Waals surface area contributed by atoms with Gasteiger partial charge in [0.15, 0.2) is 11.2 Å². The first kappa shape index (κ1) is 13.3. The maximum Gasteiger partial charge on any atom is 0.182 e. The number of pyridine rings is 1. The van der Waals surface area contributed by atoms with E-state index in [-0.39, 0.29) is 17.8 Å². The van der Waals surface area contributed by atoms with Crippen molar-refractivity contribution in [1.82, 2.24) is 4.57 Å². The molecule has 0 bridgehead atoms. The average Bonchev–Trinajstić information content (AvgIpc) is 2.36. The summed E-state index contributed by atoms with van der Waals surface area (Å²) in [5, 5.41) is 0. The van der Waals surface area contributed by atoms with Gasteiger partial charge in [-0.15, -0.1) is 0 Å².